The minimum absolute atomic E-state index is 0.0107. The van der Waals surface area contributed by atoms with Crippen molar-refractivity contribution in [3.05, 3.63) is 0 Å². The second-order valence-corrected chi connectivity index (χ2v) is 5.24. The summed E-state index contributed by atoms with van der Waals surface area (Å²) in [5.74, 6) is -0.0107. The van der Waals surface area contributed by atoms with Crippen molar-refractivity contribution >= 4 is 10.1 Å². The third-order valence-corrected chi connectivity index (χ3v) is 2.93. The molecule has 0 bridgehead atoms. The Hall–Kier alpha value is -0.130. The number of hydrogen-bond donors (Lipinski definition) is 1. The molecule has 1 N–H and O–H groups in total. The van der Waals surface area contributed by atoms with Crippen LogP contribution in [0.2, 0.25) is 0 Å². The number of rotatable bonds is 3. The van der Waals surface area contributed by atoms with E-state index in [2.05, 4.69) is 4.18 Å². The van der Waals surface area contributed by atoms with E-state index in [1.165, 1.54) is 0 Å². The van der Waals surface area contributed by atoms with E-state index >= 15 is 0 Å². The van der Waals surface area contributed by atoms with Crippen molar-refractivity contribution in [2.24, 2.45) is 5.92 Å². The van der Waals surface area contributed by atoms with Crippen LogP contribution in [-0.4, -0.2) is 32.5 Å². The van der Waals surface area contributed by atoms with Crippen LogP contribution in [0.15, 0.2) is 0 Å². The lowest BCUT2D eigenvalue weighted by Gasteiger charge is -2.26. The zero-order valence-corrected chi connectivity index (χ0v) is 8.59. The van der Waals surface area contributed by atoms with Gasteiger partial charge in [0.2, 0.25) is 0 Å². The fraction of sp³-hybridized carbons (Fsp3) is 1.00. The second kappa shape index (κ2) is 4.39. The summed E-state index contributed by atoms with van der Waals surface area (Å²) in [4.78, 5) is 0. The summed E-state index contributed by atoms with van der Waals surface area (Å²) >= 11 is 0. The maximum absolute atomic E-state index is 10.7. The normalized spacial score (nSPS) is 30.3. The van der Waals surface area contributed by atoms with E-state index in [1.54, 1.807) is 0 Å². The quantitative estimate of drug-likeness (QED) is 0.686. The maximum Gasteiger partial charge on any atom is 0.264 e. The first-order valence-corrected chi connectivity index (χ1v) is 6.33. The first kappa shape index (κ1) is 10.9. The Kier molecular flexibility index (Phi) is 3.70. The van der Waals surface area contributed by atoms with Gasteiger partial charge in [-0.05, 0) is 12.8 Å². The molecule has 1 saturated carbocycles. The minimum atomic E-state index is -3.36. The van der Waals surface area contributed by atoms with E-state index in [1.807, 2.05) is 0 Å². The molecule has 1 rings (SSSR count). The summed E-state index contributed by atoms with van der Waals surface area (Å²) in [5.41, 5.74) is 0. The van der Waals surface area contributed by atoms with Crippen LogP contribution in [-0.2, 0) is 14.3 Å². The summed E-state index contributed by atoms with van der Waals surface area (Å²) in [6.45, 7) is 0.125. The molecule has 0 amide bonds. The molecule has 2 atom stereocenters. The van der Waals surface area contributed by atoms with Crippen molar-refractivity contribution in [2.75, 3.05) is 12.9 Å². The molecule has 0 saturated heterocycles. The molecule has 0 aliphatic heterocycles. The van der Waals surface area contributed by atoms with Crippen LogP contribution < -0.4 is 0 Å². The lowest BCUT2D eigenvalue weighted by molar-refractivity contribution is 0.0441. The third kappa shape index (κ3) is 4.06. The standard InChI is InChI=1S/C8H16O4S/c1-13(10,11)12-6-7-4-2-3-5-8(7)9/h7-9H,2-6H2,1H3. The van der Waals surface area contributed by atoms with Crippen LogP contribution in [0.5, 0.6) is 0 Å². The lowest BCUT2D eigenvalue weighted by atomic mass is 9.87. The van der Waals surface area contributed by atoms with Crippen molar-refractivity contribution in [2.45, 2.75) is 31.8 Å². The molecule has 0 aromatic rings. The first-order chi connectivity index (χ1) is 5.99. The van der Waals surface area contributed by atoms with Crippen LogP contribution in [0.1, 0.15) is 25.7 Å². The molecule has 0 heterocycles. The highest BCUT2D eigenvalue weighted by Crippen LogP contribution is 2.24. The van der Waals surface area contributed by atoms with Gasteiger partial charge in [-0.2, -0.15) is 8.42 Å². The van der Waals surface area contributed by atoms with Gasteiger partial charge in [0, 0.05) is 5.92 Å². The zero-order chi connectivity index (χ0) is 9.90. The van der Waals surface area contributed by atoms with Crippen molar-refractivity contribution < 1.29 is 17.7 Å². The highest BCUT2D eigenvalue weighted by Gasteiger charge is 2.24. The highest BCUT2D eigenvalue weighted by molar-refractivity contribution is 7.85. The molecule has 4 nitrogen and oxygen atoms in total. The SMILES string of the molecule is CS(=O)(=O)OCC1CCCCC1O. The van der Waals surface area contributed by atoms with Crippen LogP contribution in [0.4, 0.5) is 0 Å². The predicted molar refractivity (Wildman–Crippen MR) is 48.8 cm³/mol. The smallest absolute Gasteiger partial charge is 0.264 e. The van der Waals surface area contributed by atoms with Gasteiger partial charge in [0.1, 0.15) is 0 Å². The molecule has 0 aromatic heterocycles. The summed E-state index contributed by atoms with van der Waals surface area (Å²) in [7, 11) is -3.36. The molecular formula is C8H16O4S. The average Bonchev–Trinajstić information content (AvgIpc) is 2.01. The molecule has 1 aliphatic rings. The van der Waals surface area contributed by atoms with Crippen LogP contribution >= 0.6 is 0 Å². The lowest BCUT2D eigenvalue weighted by Crippen LogP contribution is -2.29. The molecule has 1 fully saturated rings. The van der Waals surface area contributed by atoms with Gasteiger partial charge in [0.05, 0.1) is 19.0 Å². The molecule has 13 heavy (non-hydrogen) atoms. The van der Waals surface area contributed by atoms with E-state index < -0.39 is 16.2 Å². The molecule has 0 radical (unpaired) electrons. The molecular weight excluding hydrogens is 192 g/mol. The van der Waals surface area contributed by atoms with Gasteiger partial charge >= 0.3 is 0 Å². The fourth-order valence-electron chi connectivity index (χ4n) is 1.59. The van der Waals surface area contributed by atoms with Gasteiger partial charge in [-0.1, -0.05) is 12.8 Å². The van der Waals surface area contributed by atoms with Crippen molar-refractivity contribution in [1.29, 1.82) is 0 Å². The third-order valence-electron chi connectivity index (χ3n) is 2.37. The van der Waals surface area contributed by atoms with E-state index in [0.29, 0.717) is 0 Å². The topological polar surface area (TPSA) is 63.6 Å². The Morgan fingerprint density at radius 1 is 1.38 bits per heavy atom. The minimum Gasteiger partial charge on any atom is -0.393 e. The largest absolute Gasteiger partial charge is 0.393 e. The zero-order valence-electron chi connectivity index (χ0n) is 7.77. The maximum atomic E-state index is 10.7. The van der Waals surface area contributed by atoms with E-state index in [9.17, 15) is 13.5 Å². The Morgan fingerprint density at radius 3 is 2.54 bits per heavy atom. The van der Waals surface area contributed by atoms with Crippen molar-refractivity contribution in [3.63, 3.8) is 0 Å². The summed E-state index contributed by atoms with van der Waals surface area (Å²) in [5, 5.41) is 9.49. The molecule has 1 aliphatic carbocycles. The van der Waals surface area contributed by atoms with Crippen molar-refractivity contribution in [3.8, 4) is 0 Å². The summed E-state index contributed by atoms with van der Waals surface area (Å²) in [6.07, 6.45) is 4.33. The predicted octanol–water partition coefficient (Wildman–Crippen LogP) is 0.514. The fourth-order valence-corrected chi connectivity index (χ4v) is 2.02. The van der Waals surface area contributed by atoms with Gasteiger partial charge in [0.15, 0.2) is 0 Å². The van der Waals surface area contributed by atoms with Crippen LogP contribution in [0.3, 0.4) is 0 Å². The molecule has 78 valence electrons. The number of aliphatic hydroxyl groups excluding tert-OH is 1. The van der Waals surface area contributed by atoms with Crippen LogP contribution in [0.25, 0.3) is 0 Å². The molecule has 0 spiro atoms. The summed E-state index contributed by atoms with van der Waals surface area (Å²) < 4.78 is 26.0. The van der Waals surface area contributed by atoms with Gasteiger partial charge in [-0.25, -0.2) is 0 Å². The van der Waals surface area contributed by atoms with E-state index in [0.717, 1.165) is 31.9 Å². The van der Waals surface area contributed by atoms with Gasteiger partial charge in [0.25, 0.3) is 10.1 Å². The Morgan fingerprint density at radius 2 is 2.00 bits per heavy atom. The van der Waals surface area contributed by atoms with Crippen molar-refractivity contribution in [1.82, 2.24) is 0 Å². The Balaban J connectivity index is 2.35. The second-order valence-electron chi connectivity index (χ2n) is 3.60. The average molecular weight is 208 g/mol. The molecule has 2 unspecified atom stereocenters. The van der Waals surface area contributed by atoms with E-state index in [4.69, 9.17) is 0 Å². The van der Waals surface area contributed by atoms with Gasteiger partial charge in [-0.3, -0.25) is 4.18 Å². The van der Waals surface area contributed by atoms with Crippen LogP contribution in [0, 0.1) is 5.92 Å². The summed E-state index contributed by atoms with van der Waals surface area (Å²) in [6, 6.07) is 0. The Labute approximate surface area is 79.0 Å². The van der Waals surface area contributed by atoms with E-state index in [-0.39, 0.29) is 12.5 Å². The van der Waals surface area contributed by atoms with Gasteiger partial charge in [-0.15, -0.1) is 0 Å². The monoisotopic (exact) mass is 208 g/mol. The number of aliphatic hydroxyl groups is 1. The Bertz CT molecular complexity index is 247. The highest BCUT2D eigenvalue weighted by atomic mass is 32.2. The molecule has 5 heteroatoms. The molecule has 0 aromatic carbocycles. The van der Waals surface area contributed by atoms with Gasteiger partial charge < -0.3 is 5.11 Å². The number of hydrogen-bond acceptors (Lipinski definition) is 4. The first-order valence-electron chi connectivity index (χ1n) is 4.51.